The number of oxazole rings is 1. The van der Waals surface area contributed by atoms with Gasteiger partial charge in [0.2, 0.25) is 5.89 Å². The summed E-state index contributed by atoms with van der Waals surface area (Å²) in [6.45, 7) is 5.70. The normalized spacial score (nSPS) is 13.4. The number of aryl methyl sites for hydroxylation is 2. The highest BCUT2D eigenvalue weighted by Crippen LogP contribution is 2.26. The van der Waals surface area contributed by atoms with Crippen LogP contribution in [0.3, 0.4) is 0 Å². The molecule has 0 bridgehead atoms. The van der Waals surface area contributed by atoms with Gasteiger partial charge in [-0.25, -0.2) is 9.78 Å². The van der Waals surface area contributed by atoms with Gasteiger partial charge in [-0.05, 0) is 38.5 Å². The molecule has 0 aliphatic carbocycles. The zero-order valence-electron chi connectivity index (χ0n) is 14.6. The van der Waals surface area contributed by atoms with Crippen LogP contribution in [0.15, 0.2) is 28.9 Å². The number of hydrogen-bond acceptors (Lipinski definition) is 4. The van der Waals surface area contributed by atoms with Gasteiger partial charge in [0.05, 0.1) is 5.69 Å². The van der Waals surface area contributed by atoms with Gasteiger partial charge in [0.15, 0.2) is 0 Å². The molecule has 6 nitrogen and oxygen atoms in total. The number of urea groups is 1. The van der Waals surface area contributed by atoms with Crippen LogP contribution in [0.25, 0.3) is 11.5 Å². The number of nitrogens with one attached hydrogen (secondary N) is 1. The van der Waals surface area contributed by atoms with E-state index in [1.807, 2.05) is 39.0 Å². The van der Waals surface area contributed by atoms with Crippen molar-refractivity contribution >= 4 is 22.5 Å². The van der Waals surface area contributed by atoms with Crippen molar-refractivity contribution in [2.24, 2.45) is 0 Å². The molecule has 0 saturated heterocycles. The maximum atomic E-state index is 12.3. The van der Waals surface area contributed by atoms with Gasteiger partial charge in [-0.15, -0.1) is 0 Å². The van der Waals surface area contributed by atoms with E-state index in [0.29, 0.717) is 17.3 Å². The van der Waals surface area contributed by atoms with Gasteiger partial charge in [0, 0.05) is 47.1 Å². The van der Waals surface area contributed by atoms with E-state index in [0.717, 1.165) is 16.8 Å². The van der Waals surface area contributed by atoms with Gasteiger partial charge in [-0.3, -0.25) is 4.21 Å². The number of aromatic nitrogens is 1. The van der Waals surface area contributed by atoms with Crippen LogP contribution in [-0.4, -0.2) is 45.2 Å². The van der Waals surface area contributed by atoms with Crippen molar-refractivity contribution in [2.75, 3.05) is 24.4 Å². The molecule has 2 atom stereocenters. The lowest BCUT2D eigenvalue weighted by Crippen LogP contribution is -2.40. The maximum Gasteiger partial charge on any atom is 0.321 e. The van der Waals surface area contributed by atoms with Crippen molar-refractivity contribution in [1.29, 1.82) is 0 Å². The SMILES string of the molecule is Cc1coc(-c2cc(NC(=O)N(C)[C@@H](C)C[S@](C)=O)ccc2C)n1. The van der Waals surface area contributed by atoms with Crippen LogP contribution in [0.5, 0.6) is 0 Å². The third-order valence-electron chi connectivity index (χ3n) is 3.80. The van der Waals surface area contributed by atoms with Crippen molar-refractivity contribution in [3.63, 3.8) is 0 Å². The van der Waals surface area contributed by atoms with E-state index in [1.165, 1.54) is 0 Å². The predicted octanol–water partition coefficient (Wildman–Crippen LogP) is 3.19. The number of carbonyl (C=O) groups excluding carboxylic acids is 1. The lowest BCUT2D eigenvalue weighted by atomic mass is 10.1. The maximum absolute atomic E-state index is 12.3. The third-order valence-corrected chi connectivity index (χ3v) is 4.75. The summed E-state index contributed by atoms with van der Waals surface area (Å²) in [4.78, 5) is 18.2. The van der Waals surface area contributed by atoms with Gasteiger partial charge >= 0.3 is 6.03 Å². The van der Waals surface area contributed by atoms with Crippen LogP contribution in [0.1, 0.15) is 18.2 Å². The molecule has 2 aromatic rings. The second-order valence-electron chi connectivity index (χ2n) is 5.95. The van der Waals surface area contributed by atoms with E-state index >= 15 is 0 Å². The number of anilines is 1. The Kier molecular flexibility index (Phi) is 5.77. The molecule has 0 radical (unpaired) electrons. The lowest BCUT2D eigenvalue weighted by Gasteiger charge is -2.24. The van der Waals surface area contributed by atoms with Crippen molar-refractivity contribution in [3.05, 3.63) is 35.7 Å². The van der Waals surface area contributed by atoms with E-state index in [4.69, 9.17) is 4.42 Å². The highest BCUT2D eigenvalue weighted by molar-refractivity contribution is 7.84. The minimum atomic E-state index is -0.951. The Bertz CT molecular complexity index is 757. The molecule has 1 heterocycles. The van der Waals surface area contributed by atoms with Crippen LogP contribution in [-0.2, 0) is 10.8 Å². The topological polar surface area (TPSA) is 75.4 Å². The summed E-state index contributed by atoms with van der Waals surface area (Å²) in [5, 5.41) is 2.86. The minimum Gasteiger partial charge on any atom is -0.444 e. The average molecular weight is 349 g/mol. The molecule has 0 fully saturated rings. The molecule has 0 saturated carbocycles. The zero-order chi connectivity index (χ0) is 17.9. The van der Waals surface area contributed by atoms with Gasteiger partial charge in [0.1, 0.15) is 6.26 Å². The Morgan fingerprint density at radius 2 is 2.12 bits per heavy atom. The Balaban J connectivity index is 2.15. The first kappa shape index (κ1) is 18.2. The van der Waals surface area contributed by atoms with E-state index in [9.17, 15) is 9.00 Å². The van der Waals surface area contributed by atoms with Gasteiger partial charge < -0.3 is 14.6 Å². The molecule has 0 unspecified atom stereocenters. The highest BCUT2D eigenvalue weighted by Gasteiger charge is 2.17. The van der Waals surface area contributed by atoms with E-state index in [-0.39, 0.29) is 12.1 Å². The van der Waals surface area contributed by atoms with Crippen molar-refractivity contribution in [2.45, 2.75) is 26.8 Å². The Hall–Kier alpha value is -2.15. The fraction of sp³-hybridized carbons (Fsp3) is 0.412. The van der Waals surface area contributed by atoms with Crippen LogP contribution in [0, 0.1) is 13.8 Å². The lowest BCUT2D eigenvalue weighted by molar-refractivity contribution is 0.212. The first-order chi connectivity index (χ1) is 11.3. The Morgan fingerprint density at radius 3 is 2.71 bits per heavy atom. The van der Waals surface area contributed by atoms with E-state index in [2.05, 4.69) is 10.3 Å². The summed E-state index contributed by atoms with van der Waals surface area (Å²) in [5.41, 5.74) is 3.32. The molecular weight excluding hydrogens is 326 g/mol. The molecule has 2 rings (SSSR count). The Morgan fingerprint density at radius 1 is 1.42 bits per heavy atom. The highest BCUT2D eigenvalue weighted by atomic mass is 32.2. The summed E-state index contributed by atoms with van der Waals surface area (Å²) in [6.07, 6.45) is 3.23. The van der Waals surface area contributed by atoms with E-state index in [1.54, 1.807) is 24.5 Å². The standard InChI is InChI=1S/C17H23N3O3S/c1-11-6-7-14(8-15(11)16-18-12(2)9-23-16)19-17(21)20(4)13(3)10-24(5)22/h6-9,13H,10H2,1-5H3,(H,19,21)/t13-,24-/m0/s1. The molecule has 1 aromatic heterocycles. The van der Waals surface area contributed by atoms with Crippen LogP contribution < -0.4 is 5.32 Å². The molecule has 0 spiro atoms. The van der Waals surface area contributed by atoms with Crippen molar-refractivity contribution < 1.29 is 13.4 Å². The summed E-state index contributed by atoms with van der Waals surface area (Å²) in [7, 11) is 0.743. The second kappa shape index (κ2) is 7.61. The van der Waals surface area contributed by atoms with Gasteiger partial charge in [-0.2, -0.15) is 0 Å². The summed E-state index contributed by atoms with van der Waals surface area (Å²) >= 11 is 0. The molecule has 130 valence electrons. The average Bonchev–Trinajstić information content (AvgIpc) is 2.94. The van der Waals surface area contributed by atoms with Gasteiger partial charge in [-0.1, -0.05) is 6.07 Å². The Labute approximate surface area is 144 Å². The number of rotatable bonds is 5. The fourth-order valence-corrected chi connectivity index (χ4v) is 3.17. The molecule has 24 heavy (non-hydrogen) atoms. The molecule has 1 aromatic carbocycles. The summed E-state index contributed by atoms with van der Waals surface area (Å²) in [5.74, 6) is 0.975. The zero-order valence-corrected chi connectivity index (χ0v) is 15.4. The summed E-state index contributed by atoms with van der Waals surface area (Å²) < 4.78 is 16.8. The number of nitrogens with zero attached hydrogens (tertiary/aromatic N) is 2. The largest absolute Gasteiger partial charge is 0.444 e. The van der Waals surface area contributed by atoms with Crippen molar-refractivity contribution in [3.8, 4) is 11.5 Å². The number of carbonyl (C=O) groups is 1. The van der Waals surface area contributed by atoms with Crippen LogP contribution in [0.4, 0.5) is 10.5 Å². The first-order valence-electron chi connectivity index (χ1n) is 7.65. The quantitative estimate of drug-likeness (QED) is 0.899. The minimum absolute atomic E-state index is 0.116. The molecule has 0 aliphatic heterocycles. The van der Waals surface area contributed by atoms with Crippen LogP contribution >= 0.6 is 0 Å². The van der Waals surface area contributed by atoms with E-state index < -0.39 is 10.8 Å². The number of benzene rings is 1. The smallest absolute Gasteiger partial charge is 0.321 e. The number of hydrogen-bond donors (Lipinski definition) is 1. The molecule has 7 heteroatoms. The monoisotopic (exact) mass is 349 g/mol. The number of amides is 2. The van der Waals surface area contributed by atoms with Crippen LogP contribution in [0.2, 0.25) is 0 Å². The first-order valence-corrected chi connectivity index (χ1v) is 9.37. The molecular formula is C17H23N3O3S. The van der Waals surface area contributed by atoms with Crippen molar-refractivity contribution in [1.82, 2.24) is 9.88 Å². The molecule has 1 N–H and O–H groups in total. The fourth-order valence-electron chi connectivity index (χ4n) is 2.27. The second-order valence-corrected chi connectivity index (χ2v) is 7.43. The predicted molar refractivity (Wildman–Crippen MR) is 96.6 cm³/mol. The van der Waals surface area contributed by atoms with Gasteiger partial charge in [0.25, 0.3) is 0 Å². The third kappa shape index (κ3) is 4.44. The molecule has 0 aliphatic rings. The molecule has 2 amide bonds. The summed E-state index contributed by atoms with van der Waals surface area (Å²) in [6, 6.07) is 5.23.